The van der Waals surface area contributed by atoms with Crippen LogP contribution in [0.3, 0.4) is 0 Å². The average Bonchev–Trinajstić information content (AvgIpc) is 2.28. The van der Waals surface area contributed by atoms with Gasteiger partial charge in [-0.05, 0) is 12.1 Å². The predicted octanol–water partition coefficient (Wildman–Crippen LogP) is 1.98. The van der Waals surface area contributed by atoms with Crippen LogP contribution in [-0.4, -0.2) is 32.5 Å². The molecular weight excluding hydrogens is 288 g/mol. The monoisotopic (exact) mass is 300 g/mol. The van der Waals surface area contributed by atoms with Crippen molar-refractivity contribution in [3.05, 3.63) is 24.0 Å². The summed E-state index contributed by atoms with van der Waals surface area (Å²) in [6.07, 6.45) is -5.77. The van der Waals surface area contributed by atoms with Gasteiger partial charge < -0.3 is 5.73 Å². The van der Waals surface area contributed by atoms with Crippen molar-refractivity contribution in [3.63, 3.8) is 0 Å². The van der Waals surface area contributed by atoms with E-state index in [0.29, 0.717) is 4.31 Å². The fraction of sp³-hybridized carbons (Fsp3) is 0.400. The highest BCUT2D eigenvalue weighted by Crippen LogP contribution is 2.26. The van der Waals surface area contributed by atoms with Crippen LogP contribution in [0.4, 0.5) is 23.2 Å². The highest BCUT2D eigenvalue weighted by molar-refractivity contribution is 7.89. The number of nitrogen functional groups attached to an aromatic ring is 1. The van der Waals surface area contributed by atoms with Crippen molar-refractivity contribution in [2.75, 3.05) is 19.3 Å². The molecule has 0 bridgehead atoms. The third-order valence-corrected chi connectivity index (χ3v) is 4.33. The molecule has 1 aromatic carbocycles. The minimum Gasteiger partial charge on any atom is -0.395 e. The van der Waals surface area contributed by atoms with E-state index in [1.807, 2.05) is 0 Å². The minimum absolute atomic E-state index is 0.492. The molecule has 0 aliphatic rings. The second-order valence-corrected chi connectivity index (χ2v) is 5.86. The van der Waals surface area contributed by atoms with Crippen LogP contribution in [0.5, 0.6) is 0 Å². The highest BCUT2D eigenvalue weighted by Gasteiger charge is 2.31. The molecule has 1 rings (SSSR count). The van der Waals surface area contributed by atoms with Crippen LogP contribution in [0.2, 0.25) is 0 Å². The number of para-hydroxylation sites is 1. The number of halogens is 4. The first kappa shape index (κ1) is 15.7. The Hall–Kier alpha value is -1.35. The molecule has 0 unspecified atom stereocenters. The Morgan fingerprint density at radius 3 is 2.42 bits per heavy atom. The molecule has 0 heterocycles. The van der Waals surface area contributed by atoms with E-state index in [1.165, 1.54) is 0 Å². The molecule has 9 heteroatoms. The summed E-state index contributed by atoms with van der Waals surface area (Å²) in [5.41, 5.74) is 4.68. The Balaban J connectivity index is 3.01. The third kappa shape index (κ3) is 3.80. The van der Waals surface area contributed by atoms with Crippen LogP contribution in [0.1, 0.15) is 6.42 Å². The van der Waals surface area contributed by atoms with Gasteiger partial charge in [-0.1, -0.05) is 6.07 Å². The lowest BCUT2D eigenvalue weighted by Gasteiger charge is -2.19. The lowest BCUT2D eigenvalue weighted by atomic mass is 10.3. The molecule has 0 fully saturated rings. The number of anilines is 1. The third-order valence-electron chi connectivity index (χ3n) is 2.41. The van der Waals surface area contributed by atoms with Crippen molar-refractivity contribution in [2.24, 2.45) is 0 Å². The van der Waals surface area contributed by atoms with Crippen LogP contribution in [0.15, 0.2) is 23.1 Å². The van der Waals surface area contributed by atoms with Gasteiger partial charge in [-0.3, -0.25) is 0 Å². The van der Waals surface area contributed by atoms with E-state index in [0.717, 1.165) is 25.2 Å². The summed E-state index contributed by atoms with van der Waals surface area (Å²) in [5.74, 6) is -0.940. The molecule has 2 N–H and O–H groups in total. The molecule has 0 atom stereocenters. The van der Waals surface area contributed by atoms with Gasteiger partial charge >= 0.3 is 6.18 Å². The van der Waals surface area contributed by atoms with Crippen molar-refractivity contribution in [3.8, 4) is 0 Å². The number of nitrogens with zero attached hydrogens (tertiary/aromatic N) is 1. The molecule has 19 heavy (non-hydrogen) atoms. The van der Waals surface area contributed by atoms with Crippen molar-refractivity contribution >= 4 is 15.7 Å². The Morgan fingerprint density at radius 1 is 1.32 bits per heavy atom. The normalized spacial score (nSPS) is 12.9. The number of alkyl halides is 3. The molecule has 0 aromatic heterocycles. The SMILES string of the molecule is CN(CCC(F)(F)F)S(=O)(=O)c1cccc(F)c1N. The van der Waals surface area contributed by atoms with Crippen molar-refractivity contribution in [1.82, 2.24) is 4.31 Å². The summed E-state index contributed by atoms with van der Waals surface area (Å²) < 4.78 is 73.7. The molecule has 0 amide bonds. The van der Waals surface area contributed by atoms with Crippen LogP contribution >= 0.6 is 0 Å². The van der Waals surface area contributed by atoms with Crippen molar-refractivity contribution in [1.29, 1.82) is 0 Å². The Kier molecular flexibility index (Phi) is 4.41. The number of hydrogen-bond donors (Lipinski definition) is 1. The maximum Gasteiger partial charge on any atom is 0.390 e. The summed E-state index contributed by atoms with van der Waals surface area (Å²) in [7, 11) is -3.27. The first-order chi connectivity index (χ1) is 8.55. The van der Waals surface area contributed by atoms with Gasteiger partial charge in [0.1, 0.15) is 10.7 Å². The second kappa shape index (κ2) is 5.33. The first-order valence-electron chi connectivity index (χ1n) is 5.13. The number of benzene rings is 1. The van der Waals surface area contributed by atoms with Crippen LogP contribution in [0, 0.1) is 5.82 Å². The van der Waals surface area contributed by atoms with Crippen LogP contribution in [0.25, 0.3) is 0 Å². The fourth-order valence-corrected chi connectivity index (χ4v) is 2.61. The quantitative estimate of drug-likeness (QED) is 0.683. The van der Waals surface area contributed by atoms with E-state index < -0.39 is 45.6 Å². The van der Waals surface area contributed by atoms with E-state index in [1.54, 1.807) is 0 Å². The summed E-state index contributed by atoms with van der Waals surface area (Å²) in [6.45, 7) is -0.762. The number of sulfonamides is 1. The molecule has 0 aliphatic carbocycles. The van der Waals surface area contributed by atoms with Gasteiger partial charge in [-0.2, -0.15) is 13.2 Å². The molecule has 1 aromatic rings. The van der Waals surface area contributed by atoms with E-state index in [9.17, 15) is 26.0 Å². The largest absolute Gasteiger partial charge is 0.395 e. The summed E-state index contributed by atoms with van der Waals surface area (Å²) >= 11 is 0. The Morgan fingerprint density at radius 2 is 1.89 bits per heavy atom. The molecule has 4 nitrogen and oxygen atoms in total. The van der Waals surface area contributed by atoms with Gasteiger partial charge in [-0.25, -0.2) is 17.1 Å². The zero-order chi connectivity index (χ0) is 14.8. The standard InChI is InChI=1S/C10H12F4N2O2S/c1-16(6-5-10(12,13)14)19(17,18)8-4-2-3-7(11)9(8)15/h2-4H,5-6,15H2,1H3. The Labute approximate surface area is 107 Å². The molecule has 0 radical (unpaired) electrons. The zero-order valence-corrected chi connectivity index (χ0v) is 10.7. The van der Waals surface area contributed by atoms with Gasteiger partial charge in [0.25, 0.3) is 0 Å². The summed E-state index contributed by atoms with van der Waals surface area (Å²) in [6, 6.07) is 3.12. The average molecular weight is 300 g/mol. The molecular formula is C10H12F4N2O2S. The van der Waals surface area contributed by atoms with E-state index >= 15 is 0 Å². The maximum atomic E-state index is 13.2. The van der Waals surface area contributed by atoms with Crippen LogP contribution < -0.4 is 5.73 Å². The maximum absolute atomic E-state index is 13.2. The van der Waals surface area contributed by atoms with Crippen molar-refractivity contribution < 1.29 is 26.0 Å². The Bertz CT molecular complexity index is 557. The number of nitrogens with two attached hydrogens (primary N) is 1. The first-order valence-corrected chi connectivity index (χ1v) is 6.57. The smallest absolute Gasteiger partial charge is 0.390 e. The van der Waals surface area contributed by atoms with Crippen LogP contribution in [-0.2, 0) is 10.0 Å². The van der Waals surface area contributed by atoms with Gasteiger partial charge in [0.15, 0.2) is 0 Å². The minimum atomic E-state index is -4.47. The molecule has 0 aliphatic heterocycles. The van der Waals surface area contributed by atoms with Gasteiger partial charge in [0, 0.05) is 13.6 Å². The summed E-state index contributed by atoms with van der Waals surface area (Å²) in [4.78, 5) is -0.544. The molecule has 108 valence electrons. The van der Waals surface area contributed by atoms with E-state index in [4.69, 9.17) is 5.73 Å². The fourth-order valence-electron chi connectivity index (χ4n) is 1.31. The second-order valence-electron chi connectivity index (χ2n) is 3.84. The lowest BCUT2D eigenvalue weighted by molar-refractivity contribution is -0.135. The number of hydrogen-bond acceptors (Lipinski definition) is 3. The topological polar surface area (TPSA) is 63.4 Å². The highest BCUT2D eigenvalue weighted by atomic mass is 32.2. The number of rotatable bonds is 4. The lowest BCUT2D eigenvalue weighted by Crippen LogP contribution is -2.31. The van der Waals surface area contributed by atoms with Gasteiger partial charge in [0.2, 0.25) is 10.0 Å². The van der Waals surface area contributed by atoms with Gasteiger partial charge in [0.05, 0.1) is 12.1 Å². The predicted molar refractivity (Wildman–Crippen MR) is 61.3 cm³/mol. The van der Waals surface area contributed by atoms with Crippen molar-refractivity contribution in [2.45, 2.75) is 17.5 Å². The molecule has 0 saturated carbocycles. The van der Waals surface area contributed by atoms with E-state index in [2.05, 4.69) is 0 Å². The molecule has 0 saturated heterocycles. The zero-order valence-electron chi connectivity index (χ0n) is 9.91. The summed E-state index contributed by atoms with van der Waals surface area (Å²) in [5, 5.41) is 0. The molecule has 0 spiro atoms. The van der Waals surface area contributed by atoms with Gasteiger partial charge in [-0.15, -0.1) is 0 Å². The van der Waals surface area contributed by atoms with E-state index in [-0.39, 0.29) is 0 Å².